The first kappa shape index (κ1) is 19.1. The van der Waals surface area contributed by atoms with E-state index >= 15 is 0 Å². The molecule has 0 spiro atoms. The van der Waals surface area contributed by atoms with E-state index in [9.17, 15) is 4.79 Å². The molecule has 0 radical (unpaired) electrons. The number of carbonyl (C=O) groups excluding carboxylic acids is 1. The van der Waals surface area contributed by atoms with Crippen LogP contribution in [0.1, 0.15) is 39.6 Å². The number of fused-ring (bicyclic) bond motifs is 1. The van der Waals surface area contributed by atoms with Crippen LogP contribution in [-0.4, -0.2) is 25.7 Å². The summed E-state index contributed by atoms with van der Waals surface area (Å²) in [5, 5.41) is 0. The highest BCUT2D eigenvalue weighted by Crippen LogP contribution is 2.42. The second kappa shape index (κ2) is 7.72. The first-order chi connectivity index (χ1) is 15.1. The van der Waals surface area contributed by atoms with Crippen LogP contribution >= 0.6 is 0 Å². The lowest BCUT2D eigenvalue weighted by Crippen LogP contribution is -2.23. The average molecular weight is 407 g/mol. The number of benzene rings is 1. The molecule has 3 aromatic heterocycles. The van der Waals surface area contributed by atoms with E-state index in [2.05, 4.69) is 32.1 Å². The van der Waals surface area contributed by atoms with Gasteiger partial charge >= 0.3 is 0 Å². The molecule has 0 saturated heterocycles. The van der Waals surface area contributed by atoms with E-state index in [1.807, 2.05) is 49.4 Å². The van der Waals surface area contributed by atoms with E-state index in [-0.39, 0.29) is 17.6 Å². The Kier molecular flexibility index (Phi) is 4.75. The lowest BCUT2D eigenvalue weighted by atomic mass is 9.77. The van der Waals surface area contributed by atoms with Gasteiger partial charge in [0.25, 0.3) is 0 Å². The van der Waals surface area contributed by atoms with Crippen LogP contribution in [0.2, 0.25) is 0 Å². The summed E-state index contributed by atoms with van der Waals surface area (Å²) in [6.45, 7) is 1.82. The highest BCUT2D eigenvalue weighted by molar-refractivity contribution is 6.00. The van der Waals surface area contributed by atoms with Gasteiger partial charge in [0.05, 0.1) is 28.3 Å². The van der Waals surface area contributed by atoms with Crippen molar-refractivity contribution in [1.29, 1.82) is 0 Å². The highest BCUT2D eigenvalue weighted by Gasteiger charge is 2.32. The zero-order valence-corrected chi connectivity index (χ0v) is 17.1. The number of Topliss-reactive ketones (excluding diaryl/α,β-unsaturated/α-hetero) is 1. The van der Waals surface area contributed by atoms with Crippen molar-refractivity contribution in [3.05, 3.63) is 89.5 Å². The molecule has 3 heterocycles. The maximum atomic E-state index is 13.1. The zero-order chi connectivity index (χ0) is 21.4. The number of rotatable bonds is 3. The minimum absolute atomic E-state index is 0.0477. The highest BCUT2D eigenvalue weighted by atomic mass is 16.1. The molecule has 1 aliphatic carbocycles. The van der Waals surface area contributed by atoms with Crippen molar-refractivity contribution in [2.45, 2.75) is 25.7 Å². The van der Waals surface area contributed by atoms with E-state index in [0.29, 0.717) is 29.8 Å². The molecule has 4 aromatic rings. The number of aryl methyl sites for hydroxylation is 1. The Morgan fingerprint density at radius 1 is 0.839 bits per heavy atom. The van der Waals surface area contributed by atoms with Gasteiger partial charge in [-0.15, -0.1) is 0 Å². The van der Waals surface area contributed by atoms with E-state index in [1.165, 1.54) is 0 Å². The standard InChI is InChI=1S/C25H21N5O/c1-15-23-21(30-25(26)29-15)13-16(14-22(23)31)24-17(19-9-2-4-11-27-19)7-6-8-18(24)20-10-3-5-12-28-20/h2-12,16H,13-14H2,1H3,(H2,26,29,30). The second-order valence-corrected chi connectivity index (χ2v) is 7.71. The maximum Gasteiger partial charge on any atom is 0.220 e. The third-order valence-corrected chi connectivity index (χ3v) is 5.73. The van der Waals surface area contributed by atoms with Gasteiger partial charge in [-0.05, 0) is 49.1 Å². The topological polar surface area (TPSA) is 94.7 Å². The number of pyridine rings is 2. The number of nitrogen functional groups attached to an aromatic ring is 1. The molecule has 1 atom stereocenters. The predicted octanol–water partition coefficient (Wildman–Crippen LogP) is 4.40. The van der Waals surface area contributed by atoms with Crippen LogP contribution < -0.4 is 5.73 Å². The predicted molar refractivity (Wildman–Crippen MR) is 119 cm³/mol. The molecular formula is C25H21N5O. The summed E-state index contributed by atoms with van der Waals surface area (Å²) >= 11 is 0. The first-order valence-electron chi connectivity index (χ1n) is 10.2. The third kappa shape index (κ3) is 3.46. The first-order valence-corrected chi connectivity index (χ1v) is 10.2. The molecule has 2 N–H and O–H groups in total. The number of carbonyl (C=O) groups is 1. The van der Waals surface area contributed by atoms with E-state index in [0.717, 1.165) is 28.1 Å². The Morgan fingerprint density at radius 2 is 1.48 bits per heavy atom. The van der Waals surface area contributed by atoms with Gasteiger partial charge in [-0.25, -0.2) is 9.97 Å². The fraction of sp³-hybridized carbons (Fsp3) is 0.160. The Balaban J connectivity index is 1.72. The lowest BCUT2D eigenvalue weighted by Gasteiger charge is -2.28. The minimum Gasteiger partial charge on any atom is -0.368 e. The molecule has 0 aliphatic heterocycles. The number of nitrogens with two attached hydrogens (primary N) is 1. The SMILES string of the molecule is Cc1nc(N)nc2c1C(=O)CC(c1c(-c3ccccn3)cccc1-c1ccccn1)C2. The number of nitrogens with zero attached hydrogens (tertiary/aromatic N) is 4. The maximum absolute atomic E-state index is 13.1. The smallest absolute Gasteiger partial charge is 0.220 e. The fourth-order valence-electron chi connectivity index (χ4n) is 4.50. The van der Waals surface area contributed by atoms with Crippen LogP contribution in [0.3, 0.4) is 0 Å². The van der Waals surface area contributed by atoms with Crippen LogP contribution in [0.4, 0.5) is 5.95 Å². The second-order valence-electron chi connectivity index (χ2n) is 7.71. The summed E-state index contributed by atoms with van der Waals surface area (Å²) in [5.41, 5.74) is 12.7. The van der Waals surface area contributed by atoms with Crippen molar-refractivity contribution in [2.75, 3.05) is 5.73 Å². The molecule has 5 rings (SSSR count). The van der Waals surface area contributed by atoms with Crippen molar-refractivity contribution in [3.63, 3.8) is 0 Å². The van der Waals surface area contributed by atoms with Gasteiger partial charge < -0.3 is 5.73 Å². The summed E-state index contributed by atoms with van der Waals surface area (Å²) in [6.07, 6.45) is 4.55. The molecular weight excluding hydrogens is 386 g/mol. The van der Waals surface area contributed by atoms with Gasteiger partial charge in [0.15, 0.2) is 5.78 Å². The Bertz CT molecular complexity index is 1210. The molecule has 0 saturated carbocycles. The molecule has 6 heteroatoms. The summed E-state index contributed by atoms with van der Waals surface area (Å²) in [4.78, 5) is 30.9. The zero-order valence-electron chi connectivity index (χ0n) is 17.1. The Labute approximate surface area is 180 Å². The summed E-state index contributed by atoms with van der Waals surface area (Å²) in [6, 6.07) is 17.8. The summed E-state index contributed by atoms with van der Waals surface area (Å²) < 4.78 is 0. The number of aromatic nitrogens is 4. The molecule has 152 valence electrons. The van der Waals surface area contributed by atoms with Crippen molar-refractivity contribution in [3.8, 4) is 22.5 Å². The van der Waals surface area contributed by atoms with Crippen LogP contribution in [0.5, 0.6) is 0 Å². The summed E-state index contributed by atoms with van der Waals surface area (Å²) in [7, 11) is 0. The molecule has 0 fully saturated rings. The summed E-state index contributed by atoms with van der Waals surface area (Å²) in [5.74, 6) is 0.183. The number of hydrogen-bond donors (Lipinski definition) is 1. The molecule has 0 amide bonds. The normalized spacial score (nSPS) is 15.5. The van der Waals surface area contributed by atoms with E-state index in [1.54, 1.807) is 12.4 Å². The number of ketones is 1. The molecule has 6 nitrogen and oxygen atoms in total. The minimum atomic E-state index is -0.0658. The van der Waals surface area contributed by atoms with Crippen molar-refractivity contribution in [2.24, 2.45) is 0 Å². The van der Waals surface area contributed by atoms with Crippen LogP contribution in [0.25, 0.3) is 22.5 Å². The van der Waals surface area contributed by atoms with Gasteiger partial charge in [0.2, 0.25) is 5.95 Å². The van der Waals surface area contributed by atoms with Gasteiger partial charge in [0, 0.05) is 29.9 Å². The van der Waals surface area contributed by atoms with E-state index in [4.69, 9.17) is 5.73 Å². The van der Waals surface area contributed by atoms with Gasteiger partial charge in [-0.3, -0.25) is 14.8 Å². The van der Waals surface area contributed by atoms with Gasteiger partial charge in [-0.1, -0.05) is 30.3 Å². The fourth-order valence-corrected chi connectivity index (χ4v) is 4.50. The number of anilines is 1. The van der Waals surface area contributed by atoms with Crippen LogP contribution in [-0.2, 0) is 6.42 Å². The molecule has 1 aliphatic rings. The molecule has 31 heavy (non-hydrogen) atoms. The van der Waals surface area contributed by atoms with Crippen LogP contribution in [0, 0.1) is 6.92 Å². The quantitative estimate of drug-likeness (QED) is 0.541. The Morgan fingerprint density at radius 3 is 2.06 bits per heavy atom. The van der Waals surface area contributed by atoms with E-state index < -0.39 is 0 Å². The Hall–Kier alpha value is -3.93. The van der Waals surface area contributed by atoms with Gasteiger partial charge in [-0.2, -0.15) is 0 Å². The largest absolute Gasteiger partial charge is 0.368 e. The van der Waals surface area contributed by atoms with Crippen LogP contribution in [0.15, 0.2) is 67.0 Å². The molecule has 0 bridgehead atoms. The molecule has 1 unspecified atom stereocenters. The van der Waals surface area contributed by atoms with Crippen molar-refractivity contribution in [1.82, 2.24) is 19.9 Å². The monoisotopic (exact) mass is 407 g/mol. The lowest BCUT2D eigenvalue weighted by molar-refractivity contribution is 0.0962. The number of hydrogen-bond acceptors (Lipinski definition) is 6. The van der Waals surface area contributed by atoms with Crippen molar-refractivity contribution >= 4 is 11.7 Å². The third-order valence-electron chi connectivity index (χ3n) is 5.73. The average Bonchev–Trinajstić information content (AvgIpc) is 2.79. The molecule has 1 aromatic carbocycles. The van der Waals surface area contributed by atoms with Crippen molar-refractivity contribution < 1.29 is 4.79 Å². The van der Waals surface area contributed by atoms with Gasteiger partial charge in [0.1, 0.15) is 0 Å².